The minimum Gasteiger partial charge on any atom is -0.455 e. The average Bonchev–Trinajstić information content (AvgIpc) is 3.30. The zero-order chi connectivity index (χ0) is 20.5. The molecule has 154 valence electrons. The number of nitrogens with zero attached hydrogens (tertiary/aromatic N) is 2. The van der Waals surface area contributed by atoms with E-state index in [1.165, 1.54) is 6.42 Å². The third-order valence-corrected chi connectivity index (χ3v) is 7.53. The van der Waals surface area contributed by atoms with Gasteiger partial charge in [0.05, 0.1) is 18.0 Å². The fourth-order valence-electron chi connectivity index (χ4n) is 5.15. The van der Waals surface area contributed by atoms with E-state index in [-0.39, 0.29) is 18.1 Å². The third kappa shape index (κ3) is 3.68. The largest absolute Gasteiger partial charge is 0.455 e. The fraction of sp³-hybridized carbons (Fsp3) is 0.360. The van der Waals surface area contributed by atoms with Gasteiger partial charge in [-0.2, -0.15) is 0 Å². The smallest absolute Gasteiger partial charge is 0.311 e. The Morgan fingerprint density at radius 1 is 1.30 bits per heavy atom. The van der Waals surface area contributed by atoms with Crippen molar-refractivity contribution in [2.45, 2.75) is 31.4 Å². The van der Waals surface area contributed by atoms with Gasteiger partial charge in [0.2, 0.25) is 0 Å². The number of para-hydroxylation sites is 1. The number of fused-ring (bicyclic) bond motifs is 4. The van der Waals surface area contributed by atoms with Crippen LogP contribution in [0, 0.1) is 11.8 Å². The number of piperidine rings is 3. The highest BCUT2D eigenvalue weighted by Gasteiger charge is 2.44. The number of hydrogen-bond donors (Lipinski definition) is 0. The minimum absolute atomic E-state index is 0.161. The van der Waals surface area contributed by atoms with E-state index in [0.29, 0.717) is 18.3 Å². The van der Waals surface area contributed by atoms with Crippen LogP contribution in [0.4, 0.5) is 0 Å². The molecule has 1 unspecified atom stereocenters. The van der Waals surface area contributed by atoms with Crippen molar-refractivity contribution in [3.8, 4) is 0 Å². The lowest BCUT2D eigenvalue weighted by Gasteiger charge is -2.51. The van der Waals surface area contributed by atoms with E-state index < -0.39 is 0 Å². The molecule has 5 heterocycles. The van der Waals surface area contributed by atoms with Gasteiger partial charge in [-0.15, -0.1) is 17.9 Å². The summed E-state index contributed by atoms with van der Waals surface area (Å²) in [6.45, 7) is 6.10. The zero-order valence-corrected chi connectivity index (χ0v) is 17.8. The van der Waals surface area contributed by atoms with E-state index in [1.54, 1.807) is 11.3 Å². The molecule has 5 atom stereocenters. The van der Waals surface area contributed by atoms with Gasteiger partial charge in [-0.05, 0) is 54.8 Å². The van der Waals surface area contributed by atoms with Crippen molar-refractivity contribution >= 4 is 28.2 Å². The molecule has 0 radical (unpaired) electrons. The minimum atomic E-state index is -0.293. The molecular formula is C25H26N2O2S. The Bertz CT molecular complexity index is 1040. The van der Waals surface area contributed by atoms with E-state index in [0.717, 1.165) is 40.9 Å². The summed E-state index contributed by atoms with van der Waals surface area (Å²) in [6.07, 6.45) is 6.19. The van der Waals surface area contributed by atoms with Gasteiger partial charge in [-0.1, -0.05) is 30.3 Å². The highest BCUT2D eigenvalue weighted by atomic mass is 32.1. The van der Waals surface area contributed by atoms with Crippen LogP contribution in [-0.4, -0.2) is 35.0 Å². The van der Waals surface area contributed by atoms with Gasteiger partial charge in [-0.3, -0.25) is 14.7 Å². The Hall–Kier alpha value is -2.50. The first-order valence-corrected chi connectivity index (χ1v) is 11.5. The second kappa shape index (κ2) is 8.32. The lowest BCUT2D eigenvalue weighted by atomic mass is 9.73. The van der Waals surface area contributed by atoms with Crippen LogP contribution in [0.5, 0.6) is 0 Å². The maximum Gasteiger partial charge on any atom is 0.311 e. The molecule has 0 saturated carbocycles. The van der Waals surface area contributed by atoms with Crippen molar-refractivity contribution in [1.29, 1.82) is 0 Å². The van der Waals surface area contributed by atoms with Gasteiger partial charge in [0.1, 0.15) is 6.10 Å². The van der Waals surface area contributed by atoms with Gasteiger partial charge in [0.15, 0.2) is 0 Å². The third-order valence-electron chi connectivity index (χ3n) is 6.65. The second-order valence-electron chi connectivity index (χ2n) is 8.33. The Morgan fingerprint density at radius 3 is 2.97 bits per heavy atom. The summed E-state index contributed by atoms with van der Waals surface area (Å²) >= 11 is 1.60. The van der Waals surface area contributed by atoms with Gasteiger partial charge in [-0.25, -0.2) is 0 Å². The zero-order valence-electron chi connectivity index (χ0n) is 16.9. The SMILES string of the molecule is C=C[C@H]1CN2CC[C@@H]1C[C@@H]2[C@@H](OC(=O)Cc1cccs1)c1ccnc2ccccc12. The summed E-state index contributed by atoms with van der Waals surface area (Å²) in [5.41, 5.74) is 2.00. The van der Waals surface area contributed by atoms with Crippen molar-refractivity contribution in [2.24, 2.45) is 11.8 Å². The lowest BCUT2D eigenvalue weighted by molar-refractivity contribution is -0.156. The molecule has 3 aliphatic heterocycles. The molecule has 0 spiro atoms. The van der Waals surface area contributed by atoms with Crippen LogP contribution >= 0.6 is 11.3 Å². The highest BCUT2D eigenvalue weighted by molar-refractivity contribution is 7.10. The molecule has 6 rings (SSSR count). The van der Waals surface area contributed by atoms with Crippen molar-refractivity contribution < 1.29 is 9.53 Å². The number of esters is 1. The highest BCUT2D eigenvalue weighted by Crippen LogP contribution is 2.43. The number of thiophene rings is 1. The van der Waals surface area contributed by atoms with Crippen molar-refractivity contribution in [2.75, 3.05) is 13.1 Å². The van der Waals surface area contributed by atoms with Gasteiger partial charge in [0.25, 0.3) is 0 Å². The molecule has 2 aromatic heterocycles. The molecule has 0 amide bonds. The Kier molecular flexibility index (Phi) is 5.40. The van der Waals surface area contributed by atoms with Crippen molar-refractivity contribution in [3.63, 3.8) is 0 Å². The van der Waals surface area contributed by atoms with Crippen molar-refractivity contribution in [3.05, 3.63) is 77.1 Å². The summed E-state index contributed by atoms with van der Waals surface area (Å²) in [7, 11) is 0. The number of benzene rings is 1. The molecule has 3 fully saturated rings. The molecule has 30 heavy (non-hydrogen) atoms. The first kappa shape index (κ1) is 19.5. The van der Waals surface area contributed by atoms with Crippen LogP contribution in [0.2, 0.25) is 0 Å². The summed E-state index contributed by atoms with van der Waals surface area (Å²) in [4.78, 5) is 21.0. The topological polar surface area (TPSA) is 42.4 Å². The molecule has 5 heteroatoms. The Morgan fingerprint density at radius 2 is 2.20 bits per heavy atom. The quantitative estimate of drug-likeness (QED) is 0.416. The van der Waals surface area contributed by atoms with Crippen LogP contribution in [0.25, 0.3) is 10.9 Å². The maximum atomic E-state index is 12.9. The van der Waals surface area contributed by atoms with Crippen LogP contribution in [0.1, 0.15) is 29.4 Å². The predicted molar refractivity (Wildman–Crippen MR) is 120 cm³/mol. The van der Waals surface area contributed by atoms with Crippen LogP contribution < -0.4 is 0 Å². The number of rotatable bonds is 6. The number of ether oxygens (including phenoxy) is 1. The monoisotopic (exact) mass is 418 g/mol. The van der Waals surface area contributed by atoms with E-state index in [4.69, 9.17) is 4.74 Å². The molecule has 3 aliphatic rings. The maximum absolute atomic E-state index is 12.9. The molecule has 0 N–H and O–H groups in total. The standard InChI is InChI=1S/C25H26N2O2S/c1-2-17-16-27-12-10-18(17)14-23(27)25(29-24(28)15-19-6-5-13-30-19)21-9-11-26-22-8-4-3-7-20(21)22/h2-9,11,13,17-18,23,25H,1,10,12,14-16H2/t17-,18+,23+,25-/m0/s1. The van der Waals surface area contributed by atoms with E-state index >= 15 is 0 Å². The van der Waals surface area contributed by atoms with Gasteiger partial charge in [0, 0.05) is 28.6 Å². The summed E-state index contributed by atoms with van der Waals surface area (Å²) in [5, 5.41) is 3.06. The first-order valence-electron chi connectivity index (χ1n) is 10.6. The number of carbonyl (C=O) groups is 1. The van der Waals surface area contributed by atoms with E-state index in [2.05, 4.69) is 28.6 Å². The van der Waals surface area contributed by atoms with E-state index in [1.807, 2.05) is 48.0 Å². The number of pyridine rings is 1. The Labute approximate surface area is 181 Å². The summed E-state index contributed by atoms with van der Waals surface area (Å²) in [5.74, 6) is 0.988. The lowest BCUT2D eigenvalue weighted by Crippen LogP contribution is -2.55. The molecule has 0 aliphatic carbocycles. The Balaban J connectivity index is 1.49. The molecule has 1 aromatic carbocycles. The van der Waals surface area contributed by atoms with Gasteiger partial charge < -0.3 is 4.74 Å². The summed E-state index contributed by atoms with van der Waals surface area (Å²) < 4.78 is 6.25. The van der Waals surface area contributed by atoms with Crippen LogP contribution in [0.3, 0.4) is 0 Å². The van der Waals surface area contributed by atoms with Gasteiger partial charge >= 0.3 is 5.97 Å². The molecular weight excluding hydrogens is 392 g/mol. The molecule has 2 bridgehead atoms. The number of hydrogen-bond acceptors (Lipinski definition) is 5. The number of carbonyl (C=O) groups excluding carboxylic acids is 1. The van der Waals surface area contributed by atoms with Crippen LogP contribution in [-0.2, 0) is 16.0 Å². The first-order chi connectivity index (χ1) is 14.7. The fourth-order valence-corrected chi connectivity index (χ4v) is 5.84. The molecule has 4 nitrogen and oxygen atoms in total. The molecule has 3 aromatic rings. The molecule has 3 saturated heterocycles. The van der Waals surface area contributed by atoms with Crippen molar-refractivity contribution in [1.82, 2.24) is 9.88 Å². The average molecular weight is 419 g/mol. The summed E-state index contributed by atoms with van der Waals surface area (Å²) in [6, 6.07) is 14.3. The normalized spacial score (nSPS) is 26.4. The van der Waals surface area contributed by atoms with Crippen LogP contribution in [0.15, 0.2) is 66.7 Å². The predicted octanol–water partition coefficient (Wildman–Crippen LogP) is 5.02. The second-order valence-corrected chi connectivity index (χ2v) is 9.36. The number of aromatic nitrogens is 1. The van der Waals surface area contributed by atoms with E-state index in [9.17, 15) is 4.79 Å².